The fourth-order valence-electron chi connectivity index (χ4n) is 1.73. The number of hydrogen-bond donors (Lipinski definition) is 1. The van der Waals surface area contributed by atoms with Gasteiger partial charge in [-0.3, -0.25) is 0 Å². The summed E-state index contributed by atoms with van der Waals surface area (Å²) in [7, 11) is 0. The second-order valence-corrected chi connectivity index (χ2v) is 4.36. The molecular weight excluding hydrogens is 241 g/mol. The van der Waals surface area contributed by atoms with E-state index >= 15 is 0 Å². The van der Waals surface area contributed by atoms with Crippen molar-refractivity contribution in [2.45, 2.75) is 38.2 Å². The molecule has 1 aromatic rings. The number of halogens is 2. The Morgan fingerprint density at radius 1 is 1.53 bits per heavy atom. The van der Waals surface area contributed by atoms with Crippen molar-refractivity contribution in [2.75, 3.05) is 0 Å². The number of aliphatic hydroxyl groups is 1. The number of aliphatic hydroxyl groups excluding tert-OH is 1. The molecule has 0 spiro atoms. The van der Waals surface area contributed by atoms with Crippen LogP contribution in [-0.4, -0.2) is 11.2 Å². The SMILES string of the molecule is CCCCC(O)C(C#N)c1c(F)cccc1Cl. The molecular formula is C13H15ClFNO. The lowest BCUT2D eigenvalue weighted by atomic mass is 9.91. The Hall–Kier alpha value is -1.11. The van der Waals surface area contributed by atoms with Crippen molar-refractivity contribution in [2.24, 2.45) is 0 Å². The van der Waals surface area contributed by atoms with Gasteiger partial charge in [0.15, 0.2) is 0 Å². The molecule has 2 nitrogen and oxygen atoms in total. The molecule has 17 heavy (non-hydrogen) atoms. The van der Waals surface area contributed by atoms with Gasteiger partial charge < -0.3 is 5.11 Å². The molecule has 92 valence electrons. The number of rotatable bonds is 5. The minimum absolute atomic E-state index is 0.0975. The van der Waals surface area contributed by atoms with E-state index in [1.54, 1.807) is 0 Å². The summed E-state index contributed by atoms with van der Waals surface area (Å²) in [5.74, 6) is -1.45. The summed E-state index contributed by atoms with van der Waals surface area (Å²) in [6.07, 6.45) is 1.31. The lowest BCUT2D eigenvalue weighted by molar-refractivity contribution is 0.147. The molecule has 1 rings (SSSR count). The van der Waals surface area contributed by atoms with Crippen LogP contribution in [0.25, 0.3) is 0 Å². The molecule has 0 radical (unpaired) electrons. The quantitative estimate of drug-likeness (QED) is 0.873. The zero-order chi connectivity index (χ0) is 12.8. The fourth-order valence-corrected chi connectivity index (χ4v) is 2.01. The molecule has 0 aliphatic carbocycles. The summed E-state index contributed by atoms with van der Waals surface area (Å²) in [6, 6.07) is 6.19. The summed E-state index contributed by atoms with van der Waals surface area (Å²) in [5, 5.41) is 19.1. The van der Waals surface area contributed by atoms with E-state index in [2.05, 4.69) is 0 Å². The predicted molar refractivity (Wildman–Crippen MR) is 65.3 cm³/mol. The van der Waals surface area contributed by atoms with Gasteiger partial charge in [0, 0.05) is 10.6 Å². The highest BCUT2D eigenvalue weighted by Crippen LogP contribution is 2.30. The third-order valence-corrected chi connectivity index (χ3v) is 3.02. The van der Waals surface area contributed by atoms with Gasteiger partial charge in [0.25, 0.3) is 0 Å². The number of nitrogens with zero attached hydrogens (tertiary/aromatic N) is 1. The van der Waals surface area contributed by atoms with E-state index < -0.39 is 17.8 Å². The molecule has 0 saturated carbocycles. The summed E-state index contributed by atoms with van der Waals surface area (Å²) in [4.78, 5) is 0. The summed E-state index contributed by atoms with van der Waals surface area (Å²) < 4.78 is 13.6. The largest absolute Gasteiger partial charge is 0.391 e. The van der Waals surface area contributed by atoms with Crippen LogP contribution >= 0.6 is 11.6 Å². The molecule has 1 aromatic carbocycles. The van der Waals surface area contributed by atoms with E-state index in [1.807, 2.05) is 13.0 Å². The molecule has 1 N–H and O–H groups in total. The Morgan fingerprint density at radius 2 is 2.24 bits per heavy atom. The zero-order valence-corrected chi connectivity index (χ0v) is 10.4. The van der Waals surface area contributed by atoms with Gasteiger partial charge in [-0.2, -0.15) is 5.26 Å². The number of unbranched alkanes of at least 4 members (excludes halogenated alkanes) is 1. The Bertz CT molecular complexity index is 396. The van der Waals surface area contributed by atoms with Crippen molar-refractivity contribution >= 4 is 11.6 Å². The number of benzene rings is 1. The molecule has 2 atom stereocenters. The van der Waals surface area contributed by atoms with E-state index in [4.69, 9.17) is 16.9 Å². The van der Waals surface area contributed by atoms with Crippen LogP contribution in [0.1, 0.15) is 37.7 Å². The molecule has 0 aliphatic heterocycles. The van der Waals surface area contributed by atoms with E-state index in [9.17, 15) is 9.50 Å². The smallest absolute Gasteiger partial charge is 0.129 e. The molecule has 0 fully saturated rings. The average Bonchev–Trinajstić information content (AvgIpc) is 2.31. The van der Waals surface area contributed by atoms with E-state index in [1.165, 1.54) is 18.2 Å². The van der Waals surface area contributed by atoms with Gasteiger partial charge in [0.2, 0.25) is 0 Å². The van der Waals surface area contributed by atoms with Crippen molar-refractivity contribution in [3.8, 4) is 6.07 Å². The van der Waals surface area contributed by atoms with E-state index in [0.29, 0.717) is 6.42 Å². The number of nitriles is 1. The third kappa shape index (κ3) is 3.42. The van der Waals surface area contributed by atoms with Crippen molar-refractivity contribution in [3.63, 3.8) is 0 Å². The Morgan fingerprint density at radius 3 is 2.76 bits per heavy atom. The van der Waals surface area contributed by atoms with Crippen LogP contribution in [0.2, 0.25) is 5.02 Å². The summed E-state index contributed by atoms with van der Waals surface area (Å²) in [6.45, 7) is 1.99. The molecule has 2 unspecified atom stereocenters. The highest BCUT2D eigenvalue weighted by molar-refractivity contribution is 6.31. The topological polar surface area (TPSA) is 44.0 Å². The first kappa shape index (κ1) is 14.0. The van der Waals surface area contributed by atoms with Gasteiger partial charge in [-0.15, -0.1) is 0 Å². The standard InChI is InChI=1S/C13H15ClFNO/c1-2-3-7-12(17)9(8-16)13-10(14)5-4-6-11(13)15/h4-6,9,12,17H,2-3,7H2,1H3. The Kier molecular flexibility index (Phi) is 5.40. The van der Waals surface area contributed by atoms with Gasteiger partial charge in [0.05, 0.1) is 12.2 Å². The first-order chi connectivity index (χ1) is 8.11. The Labute approximate surface area is 106 Å². The second-order valence-electron chi connectivity index (χ2n) is 3.95. The minimum Gasteiger partial charge on any atom is -0.391 e. The lowest BCUT2D eigenvalue weighted by Crippen LogP contribution is -2.18. The van der Waals surface area contributed by atoms with Gasteiger partial charge in [-0.25, -0.2) is 4.39 Å². The molecule has 0 heterocycles. The summed E-state index contributed by atoms with van der Waals surface area (Å²) in [5.41, 5.74) is 0.0975. The molecule has 0 aromatic heterocycles. The molecule has 0 amide bonds. The maximum Gasteiger partial charge on any atom is 0.129 e. The fraction of sp³-hybridized carbons (Fsp3) is 0.462. The molecule has 4 heteroatoms. The molecule has 0 bridgehead atoms. The van der Waals surface area contributed by atoms with Gasteiger partial charge in [0.1, 0.15) is 11.7 Å². The predicted octanol–water partition coefficient (Wildman–Crippen LogP) is 3.64. The first-order valence-corrected chi connectivity index (χ1v) is 6.01. The Balaban J connectivity index is 2.98. The summed E-state index contributed by atoms with van der Waals surface area (Å²) >= 11 is 5.88. The van der Waals surface area contributed by atoms with E-state index in [-0.39, 0.29) is 10.6 Å². The number of hydrogen-bond acceptors (Lipinski definition) is 2. The van der Waals surface area contributed by atoms with Crippen LogP contribution in [0.4, 0.5) is 4.39 Å². The maximum absolute atomic E-state index is 13.6. The van der Waals surface area contributed by atoms with Gasteiger partial charge in [-0.1, -0.05) is 37.4 Å². The van der Waals surface area contributed by atoms with Gasteiger partial charge >= 0.3 is 0 Å². The normalized spacial score (nSPS) is 14.1. The van der Waals surface area contributed by atoms with Crippen molar-refractivity contribution in [3.05, 3.63) is 34.6 Å². The first-order valence-electron chi connectivity index (χ1n) is 5.63. The molecule has 0 saturated heterocycles. The highest BCUT2D eigenvalue weighted by atomic mass is 35.5. The average molecular weight is 256 g/mol. The van der Waals surface area contributed by atoms with Crippen LogP contribution in [0.5, 0.6) is 0 Å². The third-order valence-electron chi connectivity index (χ3n) is 2.69. The zero-order valence-electron chi connectivity index (χ0n) is 9.66. The monoisotopic (exact) mass is 255 g/mol. The van der Waals surface area contributed by atoms with Crippen molar-refractivity contribution in [1.29, 1.82) is 5.26 Å². The van der Waals surface area contributed by atoms with E-state index in [0.717, 1.165) is 12.8 Å². The van der Waals surface area contributed by atoms with Gasteiger partial charge in [-0.05, 0) is 18.6 Å². The second kappa shape index (κ2) is 6.58. The molecule has 0 aliphatic rings. The van der Waals surface area contributed by atoms with Crippen LogP contribution < -0.4 is 0 Å². The highest BCUT2D eigenvalue weighted by Gasteiger charge is 2.25. The maximum atomic E-state index is 13.6. The van der Waals surface area contributed by atoms with Crippen LogP contribution in [0, 0.1) is 17.1 Å². The van der Waals surface area contributed by atoms with Crippen LogP contribution in [0.15, 0.2) is 18.2 Å². The lowest BCUT2D eigenvalue weighted by Gasteiger charge is -2.18. The minimum atomic E-state index is -0.907. The van der Waals surface area contributed by atoms with Crippen LogP contribution in [-0.2, 0) is 0 Å². The van der Waals surface area contributed by atoms with Crippen LogP contribution in [0.3, 0.4) is 0 Å². The van der Waals surface area contributed by atoms with Crippen molar-refractivity contribution < 1.29 is 9.50 Å². The van der Waals surface area contributed by atoms with Crippen molar-refractivity contribution in [1.82, 2.24) is 0 Å².